The molecule has 0 aliphatic rings. The van der Waals surface area contributed by atoms with Crippen molar-refractivity contribution in [3.05, 3.63) is 89.5 Å². The number of nitrogen functional groups attached to an aromatic ring is 2. The Morgan fingerprint density at radius 2 is 1.43 bits per heavy atom. The van der Waals surface area contributed by atoms with Crippen LogP contribution in [0.15, 0.2) is 72.8 Å². The highest BCUT2D eigenvalue weighted by molar-refractivity contribution is 5.91. The lowest BCUT2D eigenvalue weighted by atomic mass is 10.1. The van der Waals surface area contributed by atoms with E-state index < -0.39 is 49.4 Å². The number of carbonyl (C=O) groups excluding carboxylic acids is 2. The Balaban J connectivity index is 1.42. The lowest BCUT2D eigenvalue weighted by molar-refractivity contribution is -0.355. The van der Waals surface area contributed by atoms with E-state index in [0.717, 1.165) is 5.56 Å². The molecule has 3 aromatic carbocycles. The fourth-order valence-corrected chi connectivity index (χ4v) is 3.66. The maximum absolute atomic E-state index is 13.3. The fourth-order valence-electron chi connectivity index (χ4n) is 3.66. The highest BCUT2D eigenvalue weighted by Gasteiger charge is 2.72. The lowest BCUT2D eigenvalue weighted by Gasteiger charge is -2.28. The first-order valence-corrected chi connectivity index (χ1v) is 13.0. The number of nitrogens with two attached hydrogens (primary N) is 2. The molecule has 236 valence electrons. The van der Waals surface area contributed by atoms with Crippen molar-refractivity contribution in [1.29, 1.82) is 0 Å². The summed E-state index contributed by atoms with van der Waals surface area (Å²) in [5, 5.41) is 0. The van der Waals surface area contributed by atoms with Crippen LogP contribution >= 0.6 is 0 Å². The summed E-state index contributed by atoms with van der Waals surface area (Å²) in [6.45, 7) is -0.449. The zero-order valence-corrected chi connectivity index (χ0v) is 22.9. The summed E-state index contributed by atoms with van der Waals surface area (Å²) in [6.07, 6.45) is -5.75. The second-order valence-corrected chi connectivity index (χ2v) is 9.42. The van der Waals surface area contributed by atoms with Gasteiger partial charge in [0.05, 0.1) is 18.8 Å². The van der Waals surface area contributed by atoms with E-state index in [4.69, 9.17) is 25.7 Å². The molecular weight excluding hydrogens is 601 g/mol. The first kappa shape index (κ1) is 33.7. The Morgan fingerprint density at radius 1 is 0.795 bits per heavy atom. The topological polar surface area (TPSA) is 114 Å². The van der Waals surface area contributed by atoms with Crippen LogP contribution in [-0.4, -0.2) is 43.2 Å². The van der Waals surface area contributed by atoms with E-state index in [9.17, 15) is 40.3 Å². The van der Waals surface area contributed by atoms with E-state index in [1.54, 1.807) is 30.3 Å². The Kier molecular flexibility index (Phi) is 10.9. The van der Waals surface area contributed by atoms with E-state index in [2.05, 4.69) is 0 Å². The largest absolute Gasteiger partial charge is 0.494 e. The molecule has 3 rings (SSSR count). The van der Waals surface area contributed by atoms with Crippen LogP contribution in [0.1, 0.15) is 34.3 Å². The summed E-state index contributed by atoms with van der Waals surface area (Å²) in [7, 11) is 0. The van der Waals surface area contributed by atoms with Gasteiger partial charge in [-0.25, -0.2) is 9.59 Å². The van der Waals surface area contributed by atoms with Crippen molar-refractivity contribution < 1.29 is 54.5 Å². The van der Waals surface area contributed by atoms with Crippen molar-refractivity contribution in [3.63, 3.8) is 0 Å². The van der Waals surface area contributed by atoms with Crippen LogP contribution in [0.3, 0.4) is 0 Å². The van der Waals surface area contributed by atoms with Crippen LogP contribution in [0.25, 0.3) is 6.08 Å². The van der Waals surface area contributed by atoms with Crippen molar-refractivity contribution in [3.8, 4) is 11.5 Å². The molecule has 0 atom stereocenters. The van der Waals surface area contributed by atoms with Crippen LogP contribution in [-0.2, 0) is 16.0 Å². The van der Waals surface area contributed by atoms with Gasteiger partial charge in [0.15, 0.2) is 0 Å². The molecule has 0 aliphatic heterocycles. The van der Waals surface area contributed by atoms with Gasteiger partial charge in [-0.15, -0.1) is 0 Å². The van der Waals surface area contributed by atoms with E-state index in [1.165, 1.54) is 48.6 Å². The molecule has 4 N–H and O–H groups in total. The van der Waals surface area contributed by atoms with Crippen LogP contribution in [0.5, 0.6) is 11.5 Å². The van der Waals surface area contributed by atoms with Gasteiger partial charge >= 0.3 is 30.0 Å². The molecule has 7 nitrogen and oxygen atoms in total. The number of halogens is 7. The SMILES string of the molecule is Nc1ccc(CCOC(=O)C=Cc2ccc(OC(=O)c3ccc(OCCCC(F)(F)C(F)(F)C(F)(F)F)cc3)cc2)c(N)c1. The number of hydrogen-bond donors (Lipinski definition) is 2. The maximum Gasteiger partial charge on any atom is 0.459 e. The first-order chi connectivity index (χ1) is 20.6. The minimum atomic E-state index is -6.38. The number of benzene rings is 3. The molecule has 0 radical (unpaired) electrons. The standard InChI is InChI=1S/C30H27F7N2O5/c31-28(32,29(33,34)30(35,36)37)15-1-16-42-23-11-6-21(7-12-23)27(41)44-24-9-2-19(3-10-24)4-13-26(40)43-17-14-20-5-8-22(38)18-25(20)39/h2-13,18H,1,14-17,38-39H2. The monoisotopic (exact) mass is 628 g/mol. The molecule has 0 heterocycles. The normalized spacial score (nSPS) is 12.2. The second-order valence-electron chi connectivity index (χ2n) is 9.42. The quantitative estimate of drug-likeness (QED) is 0.0531. The molecule has 0 aromatic heterocycles. The Morgan fingerprint density at radius 3 is 2.05 bits per heavy atom. The lowest BCUT2D eigenvalue weighted by Crippen LogP contribution is -2.51. The summed E-state index contributed by atoms with van der Waals surface area (Å²) in [5.41, 5.74) is 14.1. The third-order valence-electron chi connectivity index (χ3n) is 6.10. The molecular formula is C30H27F7N2O5. The number of rotatable bonds is 13. The van der Waals surface area contributed by atoms with Gasteiger partial charge in [-0.1, -0.05) is 18.2 Å². The third-order valence-corrected chi connectivity index (χ3v) is 6.10. The van der Waals surface area contributed by atoms with Gasteiger partial charge in [-0.05, 0) is 72.2 Å². The summed E-state index contributed by atoms with van der Waals surface area (Å²) in [5.74, 6) is -12.5. The van der Waals surface area contributed by atoms with Crippen LogP contribution in [0.4, 0.5) is 42.1 Å². The van der Waals surface area contributed by atoms with Crippen LogP contribution < -0.4 is 20.9 Å². The molecule has 0 spiro atoms. The minimum Gasteiger partial charge on any atom is -0.494 e. The summed E-state index contributed by atoms with van der Waals surface area (Å²) in [4.78, 5) is 24.4. The van der Waals surface area contributed by atoms with Crippen molar-refractivity contribution in [2.75, 3.05) is 24.7 Å². The summed E-state index contributed by atoms with van der Waals surface area (Å²) < 4.78 is 105. The van der Waals surface area contributed by atoms with E-state index in [-0.39, 0.29) is 23.7 Å². The molecule has 14 heteroatoms. The van der Waals surface area contributed by atoms with Crippen molar-refractivity contribution >= 4 is 29.4 Å². The number of anilines is 2. The van der Waals surface area contributed by atoms with Crippen LogP contribution in [0, 0.1) is 0 Å². The zero-order valence-electron chi connectivity index (χ0n) is 22.9. The van der Waals surface area contributed by atoms with Gasteiger partial charge in [0.2, 0.25) is 0 Å². The Labute approximate surface area is 247 Å². The number of ether oxygens (including phenoxy) is 3. The average molecular weight is 629 g/mol. The molecule has 44 heavy (non-hydrogen) atoms. The summed E-state index contributed by atoms with van der Waals surface area (Å²) in [6, 6.07) is 16.4. The Bertz CT molecular complexity index is 1460. The number of alkyl halides is 7. The fraction of sp³-hybridized carbons (Fsp3) is 0.267. The third kappa shape index (κ3) is 9.12. The van der Waals surface area contributed by atoms with E-state index in [1.807, 2.05) is 0 Å². The molecule has 0 saturated carbocycles. The van der Waals surface area contributed by atoms with Gasteiger partial charge in [0.25, 0.3) is 0 Å². The number of esters is 2. The number of hydrogen-bond acceptors (Lipinski definition) is 7. The number of carbonyl (C=O) groups is 2. The highest BCUT2D eigenvalue weighted by Crippen LogP contribution is 2.48. The van der Waals surface area contributed by atoms with Crippen molar-refractivity contribution in [1.82, 2.24) is 0 Å². The maximum atomic E-state index is 13.3. The van der Waals surface area contributed by atoms with Gasteiger partial charge in [-0.2, -0.15) is 30.7 Å². The van der Waals surface area contributed by atoms with E-state index in [0.29, 0.717) is 23.4 Å². The van der Waals surface area contributed by atoms with Crippen molar-refractivity contribution in [2.24, 2.45) is 0 Å². The molecule has 0 unspecified atom stereocenters. The van der Waals surface area contributed by atoms with Gasteiger partial charge in [-0.3, -0.25) is 0 Å². The molecule has 0 fully saturated rings. The minimum absolute atomic E-state index is 0.0662. The predicted molar refractivity (Wildman–Crippen MR) is 147 cm³/mol. The highest BCUT2D eigenvalue weighted by atomic mass is 19.4. The molecule has 0 bridgehead atoms. The zero-order chi connectivity index (χ0) is 32.5. The predicted octanol–water partition coefficient (Wildman–Crippen LogP) is 6.86. The molecule has 3 aromatic rings. The molecule has 0 amide bonds. The second kappa shape index (κ2) is 14.1. The molecule has 0 aliphatic carbocycles. The van der Waals surface area contributed by atoms with Crippen molar-refractivity contribution in [2.45, 2.75) is 37.3 Å². The average Bonchev–Trinajstić information content (AvgIpc) is 2.95. The van der Waals surface area contributed by atoms with Crippen LogP contribution in [0.2, 0.25) is 0 Å². The smallest absolute Gasteiger partial charge is 0.459 e. The van der Waals surface area contributed by atoms with Gasteiger partial charge < -0.3 is 25.7 Å². The molecule has 0 saturated heterocycles. The summed E-state index contributed by atoms with van der Waals surface area (Å²) >= 11 is 0. The van der Waals surface area contributed by atoms with Gasteiger partial charge in [0, 0.05) is 30.3 Å². The first-order valence-electron chi connectivity index (χ1n) is 13.0. The van der Waals surface area contributed by atoms with E-state index >= 15 is 0 Å². The van der Waals surface area contributed by atoms with Gasteiger partial charge in [0.1, 0.15) is 11.5 Å². The Hall–Kier alpha value is -4.75.